The van der Waals surface area contributed by atoms with Crippen molar-refractivity contribution in [3.8, 4) is 0 Å². The number of nitrogens with two attached hydrogens (primary N) is 2. The average molecular weight is 278 g/mol. The van der Waals surface area contributed by atoms with Gasteiger partial charge in [0, 0.05) is 32.4 Å². The van der Waals surface area contributed by atoms with Crippen LogP contribution < -0.4 is 11.5 Å². The maximum Gasteiger partial charge on any atom is 0.270 e. The maximum atomic E-state index is 12.7. The normalized spacial score (nSPS) is 22.9. The van der Waals surface area contributed by atoms with Crippen molar-refractivity contribution in [2.75, 3.05) is 13.1 Å². The van der Waals surface area contributed by atoms with E-state index < -0.39 is 5.91 Å². The molecule has 110 valence electrons. The van der Waals surface area contributed by atoms with Crippen LogP contribution in [0.15, 0.2) is 12.3 Å². The summed E-state index contributed by atoms with van der Waals surface area (Å²) in [5.41, 5.74) is 11.9. The molecule has 6 heteroatoms. The molecule has 0 spiro atoms. The second-order valence-corrected chi connectivity index (χ2v) is 5.51. The number of nitrogens with zero attached hydrogens (tertiary/aromatic N) is 2. The van der Waals surface area contributed by atoms with Gasteiger partial charge in [-0.1, -0.05) is 6.92 Å². The monoisotopic (exact) mass is 278 g/mol. The molecule has 1 aromatic heterocycles. The van der Waals surface area contributed by atoms with Crippen molar-refractivity contribution < 1.29 is 9.59 Å². The van der Waals surface area contributed by atoms with Crippen LogP contribution in [0.5, 0.6) is 0 Å². The number of carbonyl (C=O) groups excluding carboxylic acids is 2. The highest BCUT2D eigenvalue weighted by molar-refractivity contribution is 5.98. The van der Waals surface area contributed by atoms with Gasteiger partial charge in [-0.05, 0) is 24.8 Å². The molecule has 1 saturated heterocycles. The Morgan fingerprint density at radius 1 is 1.45 bits per heavy atom. The molecule has 0 saturated carbocycles. The molecular weight excluding hydrogens is 256 g/mol. The van der Waals surface area contributed by atoms with Crippen LogP contribution in [0.1, 0.15) is 40.6 Å². The minimum atomic E-state index is -0.526. The van der Waals surface area contributed by atoms with E-state index in [9.17, 15) is 9.59 Å². The second kappa shape index (κ2) is 5.66. The number of aryl methyl sites for hydroxylation is 1. The van der Waals surface area contributed by atoms with E-state index in [0.717, 1.165) is 12.8 Å². The number of hydrogen-bond donors (Lipinski definition) is 2. The van der Waals surface area contributed by atoms with E-state index >= 15 is 0 Å². The highest BCUT2D eigenvalue weighted by Crippen LogP contribution is 2.24. The average Bonchev–Trinajstić information content (AvgIpc) is 2.80. The number of piperidine rings is 1. The summed E-state index contributed by atoms with van der Waals surface area (Å²) in [7, 11) is 1.74. The van der Waals surface area contributed by atoms with Gasteiger partial charge in [-0.15, -0.1) is 0 Å². The molecule has 0 aliphatic carbocycles. The van der Waals surface area contributed by atoms with Crippen LogP contribution in [0, 0.1) is 5.92 Å². The van der Waals surface area contributed by atoms with Gasteiger partial charge in [-0.2, -0.15) is 0 Å². The highest BCUT2D eigenvalue weighted by atomic mass is 16.2. The molecule has 1 aromatic rings. The van der Waals surface area contributed by atoms with Crippen LogP contribution in [0.25, 0.3) is 0 Å². The van der Waals surface area contributed by atoms with Crippen molar-refractivity contribution in [3.63, 3.8) is 0 Å². The van der Waals surface area contributed by atoms with Crippen molar-refractivity contribution in [1.82, 2.24) is 9.47 Å². The molecule has 0 aromatic carbocycles. The zero-order valence-corrected chi connectivity index (χ0v) is 12.0. The summed E-state index contributed by atoms with van der Waals surface area (Å²) in [5.74, 6) is -0.211. The molecule has 1 aliphatic heterocycles. The van der Waals surface area contributed by atoms with Crippen LogP contribution >= 0.6 is 0 Å². The Balaban J connectivity index is 2.28. The van der Waals surface area contributed by atoms with Gasteiger partial charge < -0.3 is 20.9 Å². The lowest BCUT2D eigenvalue weighted by Gasteiger charge is -2.39. The Labute approximate surface area is 118 Å². The standard InChI is InChI=1S/C14H22N4O2/c1-9-4-3-5-18(12(9)7-15)14(20)11-6-10(13(16)19)8-17(11)2/h6,8-9,12H,3-5,7,15H2,1-2H3,(H2,16,19)/t9-,12+/m1/s1. The largest absolute Gasteiger partial charge is 0.366 e. The summed E-state index contributed by atoms with van der Waals surface area (Å²) in [5, 5.41) is 0. The van der Waals surface area contributed by atoms with E-state index in [-0.39, 0.29) is 11.9 Å². The van der Waals surface area contributed by atoms with Crippen molar-refractivity contribution in [3.05, 3.63) is 23.5 Å². The molecule has 2 amide bonds. The fourth-order valence-corrected chi connectivity index (χ4v) is 2.92. The smallest absolute Gasteiger partial charge is 0.270 e. The summed E-state index contributed by atoms with van der Waals surface area (Å²) in [6.07, 6.45) is 3.65. The third kappa shape index (κ3) is 2.56. The minimum absolute atomic E-state index is 0.0585. The van der Waals surface area contributed by atoms with Gasteiger partial charge in [0.2, 0.25) is 5.91 Å². The molecule has 6 nitrogen and oxygen atoms in total. The maximum absolute atomic E-state index is 12.7. The Bertz CT molecular complexity index is 523. The molecule has 1 aliphatic rings. The lowest BCUT2D eigenvalue weighted by Crippen LogP contribution is -2.51. The molecule has 0 bridgehead atoms. The number of primary amides is 1. The predicted octanol–water partition coefficient (Wildman–Crippen LogP) is 0.323. The molecule has 2 atom stereocenters. The Morgan fingerprint density at radius 2 is 2.15 bits per heavy atom. The van der Waals surface area contributed by atoms with E-state index in [1.54, 1.807) is 23.9 Å². The molecule has 1 fully saturated rings. The predicted molar refractivity (Wildman–Crippen MR) is 76.2 cm³/mol. The minimum Gasteiger partial charge on any atom is -0.366 e. The first kappa shape index (κ1) is 14.6. The lowest BCUT2D eigenvalue weighted by atomic mass is 9.90. The first-order valence-electron chi connectivity index (χ1n) is 6.93. The summed E-state index contributed by atoms with van der Waals surface area (Å²) < 4.78 is 1.65. The fourth-order valence-electron chi connectivity index (χ4n) is 2.92. The summed E-state index contributed by atoms with van der Waals surface area (Å²) in [4.78, 5) is 25.7. The number of aromatic nitrogens is 1. The van der Waals surface area contributed by atoms with Gasteiger partial charge in [0.25, 0.3) is 5.91 Å². The van der Waals surface area contributed by atoms with Gasteiger partial charge >= 0.3 is 0 Å². The Kier molecular flexibility index (Phi) is 4.13. The second-order valence-electron chi connectivity index (χ2n) is 5.51. The first-order chi connectivity index (χ1) is 9.45. The molecular formula is C14H22N4O2. The number of likely N-dealkylation sites (tertiary alicyclic amines) is 1. The van der Waals surface area contributed by atoms with E-state index in [4.69, 9.17) is 11.5 Å². The van der Waals surface area contributed by atoms with E-state index in [1.807, 2.05) is 4.90 Å². The van der Waals surface area contributed by atoms with Gasteiger partial charge in [-0.3, -0.25) is 9.59 Å². The first-order valence-corrected chi connectivity index (χ1v) is 6.93. The number of amides is 2. The number of rotatable bonds is 3. The van der Waals surface area contributed by atoms with Crippen LogP contribution in [0.3, 0.4) is 0 Å². The molecule has 2 heterocycles. The van der Waals surface area contributed by atoms with Crippen molar-refractivity contribution in [2.45, 2.75) is 25.8 Å². The fraction of sp³-hybridized carbons (Fsp3) is 0.571. The van der Waals surface area contributed by atoms with Crippen LogP contribution in [-0.2, 0) is 7.05 Å². The Morgan fingerprint density at radius 3 is 2.70 bits per heavy atom. The van der Waals surface area contributed by atoms with Crippen LogP contribution in [-0.4, -0.2) is 40.4 Å². The van der Waals surface area contributed by atoms with Crippen LogP contribution in [0.4, 0.5) is 0 Å². The van der Waals surface area contributed by atoms with E-state index in [2.05, 4.69) is 6.92 Å². The lowest BCUT2D eigenvalue weighted by molar-refractivity contribution is 0.0523. The number of hydrogen-bond acceptors (Lipinski definition) is 3. The zero-order valence-electron chi connectivity index (χ0n) is 12.0. The number of carbonyl (C=O) groups is 2. The molecule has 0 radical (unpaired) electrons. The topological polar surface area (TPSA) is 94.3 Å². The quantitative estimate of drug-likeness (QED) is 0.833. The molecule has 20 heavy (non-hydrogen) atoms. The molecule has 4 N–H and O–H groups in total. The Hall–Kier alpha value is -1.82. The SMILES string of the molecule is C[C@@H]1CCCN(C(=O)c2cc(C(N)=O)cn2C)[C@H]1CN. The van der Waals surface area contributed by atoms with Crippen molar-refractivity contribution in [2.24, 2.45) is 24.4 Å². The third-order valence-corrected chi connectivity index (χ3v) is 4.13. The van der Waals surface area contributed by atoms with Gasteiger partial charge in [0.05, 0.1) is 5.56 Å². The third-order valence-electron chi connectivity index (χ3n) is 4.13. The molecule has 2 rings (SSSR count). The van der Waals surface area contributed by atoms with Crippen LogP contribution in [0.2, 0.25) is 0 Å². The van der Waals surface area contributed by atoms with Crippen molar-refractivity contribution in [1.29, 1.82) is 0 Å². The zero-order chi connectivity index (χ0) is 14.9. The van der Waals surface area contributed by atoms with Gasteiger partial charge in [-0.25, -0.2) is 0 Å². The summed E-state index contributed by atoms with van der Waals surface area (Å²) in [6, 6.07) is 1.61. The summed E-state index contributed by atoms with van der Waals surface area (Å²) in [6.45, 7) is 3.29. The highest BCUT2D eigenvalue weighted by Gasteiger charge is 2.32. The summed E-state index contributed by atoms with van der Waals surface area (Å²) >= 11 is 0. The van der Waals surface area contributed by atoms with E-state index in [0.29, 0.717) is 30.3 Å². The van der Waals surface area contributed by atoms with E-state index in [1.165, 1.54) is 0 Å². The van der Waals surface area contributed by atoms with Crippen molar-refractivity contribution >= 4 is 11.8 Å². The van der Waals surface area contributed by atoms with Gasteiger partial charge in [0.1, 0.15) is 5.69 Å². The molecule has 0 unspecified atom stereocenters. The van der Waals surface area contributed by atoms with Gasteiger partial charge in [0.15, 0.2) is 0 Å².